The zero-order valence-corrected chi connectivity index (χ0v) is 21.3. The Balaban J connectivity index is -0.0000000556. The molecule has 140 valence electrons. The summed E-state index contributed by atoms with van der Waals surface area (Å²) >= 11 is 0. The van der Waals surface area contributed by atoms with Crippen molar-refractivity contribution in [3.63, 3.8) is 0 Å². The molecule has 0 radical (unpaired) electrons. The van der Waals surface area contributed by atoms with Gasteiger partial charge in [0.1, 0.15) is 0 Å². The van der Waals surface area contributed by atoms with Crippen molar-refractivity contribution in [1.29, 1.82) is 0 Å². The standard InChI is InChI=1S/C16H35O4P.3Mg.6H/c1-3-5-7-9-11-13-15-19-21(17,18)20-16-14-12-10-8-6-4-2;;;;;;;;;/h3-16H2,1-2H3,(H,17,18);;;;;;;;;/q;3*+2;6*-1. The molecule has 0 saturated heterocycles. The van der Waals surface area contributed by atoms with Gasteiger partial charge >= 0.3 is 77.0 Å². The number of unbranched alkanes of at least 4 members (excludes halogenated alkanes) is 10. The molecule has 0 spiro atoms. The van der Waals surface area contributed by atoms with Gasteiger partial charge in [0.15, 0.2) is 0 Å². The summed E-state index contributed by atoms with van der Waals surface area (Å²) in [5.41, 5.74) is 0. The molecule has 0 aliphatic heterocycles. The number of phosphoric ester groups is 1. The van der Waals surface area contributed by atoms with Crippen LogP contribution >= 0.6 is 7.82 Å². The van der Waals surface area contributed by atoms with Crippen LogP contribution in [-0.4, -0.2) is 87.3 Å². The van der Waals surface area contributed by atoms with E-state index in [0.29, 0.717) is 13.2 Å². The van der Waals surface area contributed by atoms with Crippen LogP contribution in [0.2, 0.25) is 0 Å². The van der Waals surface area contributed by atoms with Crippen LogP contribution in [0.4, 0.5) is 0 Å². The van der Waals surface area contributed by atoms with Crippen LogP contribution in [-0.2, 0) is 13.6 Å². The predicted molar refractivity (Wildman–Crippen MR) is 112 cm³/mol. The number of rotatable bonds is 16. The van der Waals surface area contributed by atoms with Crippen molar-refractivity contribution in [3.8, 4) is 0 Å². The summed E-state index contributed by atoms with van der Waals surface area (Å²) in [6, 6.07) is 0. The van der Waals surface area contributed by atoms with Crippen LogP contribution in [0, 0.1) is 0 Å². The van der Waals surface area contributed by atoms with Gasteiger partial charge in [-0.1, -0.05) is 78.1 Å². The van der Waals surface area contributed by atoms with Crippen molar-refractivity contribution < 1.29 is 27.1 Å². The van der Waals surface area contributed by atoms with E-state index < -0.39 is 7.82 Å². The Hall–Kier alpha value is 2.41. The fourth-order valence-corrected chi connectivity index (χ4v) is 2.96. The van der Waals surface area contributed by atoms with E-state index >= 15 is 0 Å². The minimum Gasteiger partial charge on any atom is -1.00 e. The van der Waals surface area contributed by atoms with Gasteiger partial charge in [0.05, 0.1) is 13.2 Å². The van der Waals surface area contributed by atoms with Gasteiger partial charge in [0, 0.05) is 0 Å². The largest absolute Gasteiger partial charge is 2.00 e. The summed E-state index contributed by atoms with van der Waals surface area (Å²) in [7, 11) is -3.82. The first-order valence-electron chi connectivity index (χ1n) is 8.74. The van der Waals surface area contributed by atoms with Crippen molar-refractivity contribution in [2.75, 3.05) is 13.2 Å². The molecule has 0 amide bonds. The van der Waals surface area contributed by atoms with Crippen molar-refractivity contribution in [2.45, 2.75) is 90.9 Å². The zero-order valence-electron chi connectivity index (χ0n) is 22.1. The first kappa shape index (κ1) is 34.0. The molecule has 8 heteroatoms. The average Bonchev–Trinajstić information content (AvgIpc) is 2.45. The number of hydrogen-bond donors (Lipinski definition) is 1. The SMILES string of the molecule is CCCCCCCCOP(=O)(O)OCCCCCCCC.[H-].[H-].[H-].[H-].[H-].[H-].[Mg+2].[Mg+2].[Mg+2]. The van der Waals surface area contributed by atoms with Gasteiger partial charge < -0.3 is 13.5 Å². The van der Waals surface area contributed by atoms with E-state index in [1.807, 2.05) is 0 Å². The van der Waals surface area contributed by atoms with Crippen molar-refractivity contribution in [2.24, 2.45) is 0 Å². The minimum atomic E-state index is -3.82. The quantitative estimate of drug-likeness (QED) is 0.215. The maximum absolute atomic E-state index is 11.6. The van der Waals surface area contributed by atoms with Gasteiger partial charge in [-0.05, 0) is 12.8 Å². The van der Waals surface area contributed by atoms with Gasteiger partial charge in [-0.2, -0.15) is 0 Å². The Morgan fingerprint density at radius 2 is 0.958 bits per heavy atom. The normalized spacial score (nSPS) is 10.5. The van der Waals surface area contributed by atoms with Crippen LogP contribution in [0.25, 0.3) is 0 Å². The first-order valence-corrected chi connectivity index (χ1v) is 10.2. The van der Waals surface area contributed by atoms with Crippen molar-refractivity contribution >= 4 is 77.0 Å². The molecule has 4 nitrogen and oxygen atoms in total. The summed E-state index contributed by atoms with van der Waals surface area (Å²) < 4.78 is 21.5. The predicted octanol–water partition coefficient (Wildman–Crippen LogP) is 5.37. The van der Waals surface area contributed by atoms with Gasteiger partial charge in [0.25, 0.3) is 0 Å². The molecule has 0 aliphatic carbocycles. The monoisotopic (exact) mass is 400 g/mol. The fourth-order valence-electron chi connectivity index (χ4n) is 2.16. The van der Waals surface area contributed by atoms with E-state index in [2.05, 4.69) is 13.8 Å². The molecule has 0 saturated carbocycles. The fraction of sp³-hybridized carbons (Fsp3) is 1.00. The van der Waals surface area contributed by atoms with Crippen molar-refractivity contribution in [1.82, 2.24) is 0 Å². The van der Waals surface area contributed by atoms with E-state index in [9.17, 15) is 9.46 Å². The van der Waals surface area contributed by atoms with E-state index in [1.165, 1.54) is 51.4 Å². The average molecular weight is 401 g/mol. The van der Waals surface area contributed by atoms with E-state index in [4.69, 9.17) is 9.05 Å². The summed E-state index contributed by atoms with van der Waals surface area (Å²) in [6.45, 7) is 5.01. The Morgan fingerprint density at radius 3 is 1.29 bits per heavy atom. The molecular formula is C16H41Mg3O4P. The molecular weight excluding hydrogens is 360 g/mol. The molecule has 24 heavy (non-hydrogen) atoms. The summed E-state index contributed by atoms with van der Waals surface area (Å²) in [6.07, 6.45) is 13.6. The van der Waals surface area contributed by atoms with Crippen LogP contribution in [0.5, 0.6) is 0 Å². The number of phosphoric acid groups is 1. The van der Waals surface area contributed by atoms with Crippen LogP contribution < -0.4 is 0 Å². The van der Waals surface area contributed by atoms with Crippen molar-refractivity contribution in [3.05, 3.63) is 0 Å². The Bertz CT molecular complexity index is 271. The van der Waals surface area contributed by atoms with Crippen LogP contribution in [0.15, 0.2) is 0 Å². The van der Waals surface area contributed by atoms with Gasteiger partial charge in [-0.15, -0.1) is 0 Å². The van der Waals surface area contributed by atoms with Gasteiger partial charge in [0.2, 0.25) is 0 Å². The molecule has 0 bridgehead atoms. The second-order valence-electron chi connectivity index (χ2n) is 5.67. The molecule has 0 rings (SSSR count). The third-order valence-corrected chi connectivity index (χ3v) is 4.52. The minimum absolute atomic E-state index is 0. The molecule has 0 aromatic heterocycles. The van der Waals surface area contributed by atoms with E-state index in [-0.39, 0.29) is 77.7 Å². The second kappa shape index (κ2) is 25.4. The Morgan fingerprint density at radius 1 is 0.667 bits per heavy atom. The number of hydrogen-bond acceptors (Lipinski definition) is 3. The molecule has 0 atom stereocenters. The molecule has 0 aliphatic rings. The molecule has 0 unspecified atom stereocenters. The van der Waals surface area contributed by atoms with E-state index in [0.717, 1.165) is 25.7 Å². The summed E-state index contributed by atoms with van der Waals surface area (Å²) in [4.78, 5) is 9.51. The zero-order chi connectivity index (χ0) is 15.8. The van der Waals surface area contributed by atoms with Gasteiger partial charge in [-0.3, -0.25) is 9.05 Å². The smallest absolute Gasteiger partial charge is 1.00 e. The summed E-state index contributed by atoms with van der Waals surface area (Å²) in [5, 5.41) is 0. The molecule has 1 N–H and O–H groups in total. The maximum atomic E-state index is 11.6. The Labute approximate surface area is 207 Å². The molecule has 0 fully saturated rings. The molecule has 0 heterocycles. The molecule has 0 aromatic carbocycles. The van der Waals surface area contributed by atoms with E-state index in [1.54, 1.807) is 0 Å². The second-order valence-corrected chi connectivity index (χ2v) is 7.12. The topological polar surface area (TPSA) is 55.8 Å². The molecule has 0 aromatic rings. The maximum Gasteiger partial charge on any atom is 2.00 e. The van der Waals surface area contributed by atoms with Gasteiger partial charge in [-0.25, -0.2) is 4.57 Å². The third-order valence-electron chi connectivity index (χ3n) is 3.50. The Kier molecular flexibility index (Phi) is 35.9. The van der Waals surface area contributed by atoms with Crippen LogP contribution in [0.1, 0.15) is 99.5 Å². The first-order chi connectivity index (χ1) is 10.1. The third kappa shape index (κ3) is 26.6. The van der Waals surface area contributed by atoms with Crippen LogP contribution in [0.3, 0.4) is 0 Å². The summed E-state index contributed by atoms with van der Waals surface area (Å²) in [5.74, 6) is 0.